The van der Waals surface area contributed by atoms with Gasteiger partial charge in [0.05, 0.1) is 20.8 Å². The zero-order valence-electron chi connectivity index (χ0n) is 11.0. The van der Waals surface area contributed by atoms with Crippen LogP contribution < -0.4 is 5.32 Å². The van der Waals surface area contributed by atoms with Crippen molar-refractivity contribution < 1.29 is 13.5 Å². The molecule has 0 bridgehead atoms. The van der Waals surface area contributed by atoms with Gasteiger partial charge in [0.15, 0.2) is 14.9 Å². The molecule has 0 radical (unpaired) electrons. The van der Waals surface area contributed by atoms with E-state index in [-0.39, 0.29) is 10.8 Å². The standard InChI is InChI=1S/C13H12Br2N2O3S/c1-21(19,20)12-3-2-9(7-17-12)16-6-8-4-10(14)13(18)11(15)5-8/h2-5,7,16,18H,6H2,1H3. The van der Waals surface area contributed by atoms with E-state index in [0.717, 1.165) is 11.8 Å². The molecule has 0 spiro atoms. The van der Waals surface area contributed by atoms with Crippen LogP contribution >= 0.6 is 31.9 Å². The lowest BCUT2D eigenvalue weighted by Gasteiger charge is -2.09. The average Bonchev–Trinajstić information content (AvgIpc) is 2.42. The number of sulfone groups is 1. The highest BCUT2D eigenvalue weighted by molar-refractivity contribution is 9.11. The summed E-state index contributed by atoms with van der Waals surface area (Å²) >= 11 is 6.54. The average molecular weight is 436 g/mol. The summed E-state index contributed by atoms with van der Waals surface area (Å²) in [5.74, 6) is 0.151. The van der Waals surface area contributed by atoms with Crippen LogP contribution in [0, 0.1) is 0 Å². The number of nitrogens with zero attached hydrogens (tertiary/aromatic N) is 1. The second-order valence-corrected chi connectivity index (χ2v) is 8.09. The molecular weight excluding hydrogens is 424 g/mol. The molecule has 21 heavy (non-hydrogen) atoms. The molecule has 0 amide bonds. The van der Waals surface area contributed by atoms with Gasteiger partial charge in [-0.2, -0.15) is 0 Å². The molecule has 0 saturated heterocycles. The molecular formula is C13H12Br2N2O3S. The molecule has 0 aliphatic carbocycles. The van der Waals surface area contributed by atoms with Crippen molar-refractivity contribution >= 4 is 47.4 Å². The van der Waals surface area contributed by atoms with Crippen LogP contribution in [0.4, 0.5) is 5.69 Å². The molecule has 2 aromatic rings. The summed E-state index contributed by atoms with van der Waals surface area (Å²) < 4.78 is 23.8. The maximum atomic E-state index is 11.3. The maximum Gasteiger partial charge on any atom is 0.192 e. The predicted molar refractivity (Wildman–Crippen MR) is 88.2 cm³/mol. The number of pyridine rings is 1. The lowest BCUT2D eigenvalue weighted by Crippen LogP contribution is -2.03. The molecule has 0 aliphatic rings. The number of anilines is 1. The number of nitrogens with one attached hydrogen (secondary N) is 1. The third-order valence-corrected chi connectivity index (χ3v) is 4.90. The topological polar surface area (TPSA) is 79.3 Å². The van der Waals surface area contributed by atoms with Crippen LogP contribution in [0.5, 0.6) is 5.75 Å². The summed E-state index contributed by atoms with van der Waals surface area (Å²) in [7, 11) is -3.28. The first-order valence-electron chi connectivity index (χ1n) is 5.84. The normalized spacial score (nSPS) is 11.4. The third-order valence-electron chi connectivity index (χ3n) is 2.69. The summed E-state index contributed by atoms with van der Waals surface area (Å²) in [6.07, 6.45) is 2.59. The van der Waals surface area contributed by atoms with E-state index >= 15 is 0 Å². The van der Waals surface area contributed by atoms with E-state index < -0.39 is 9.84 Å². The molecule has 0 atom stereocenters. The molecule has 0 fully saturated rings. The molecule has 1 aromatic carbocycles. The van der Waals surface area contributed by atoms with Crippen LogP contribution in [0.15, 0.2) is 44.4 Å². The van der Waals surface area contributed by atoms with Gasteiger partial charge in [0, 0.05) is 12.8 Å². The highest BCUT2D eigenvalue weighted by Crippen LogP contribution is 2.33. The number of halogens is 2. The van der Waals surface area contributed by atoms with Crippen molar-refractivity contribution in [3.05, 3.63) is 45.0 Å². The number of hydrogen-bond acceptors (Lipinski definition) is 5. The molecule has 8 heteroatoms. The minimum absolute atomic E-state index is 0.0446. The van der Waals surface area contributed by atoms with E-state index in [0.29, 0.717) is 21.2 Å². The quantitative estimate of drug-likeness (QED) is 0.769. The summed E-state index contributed by atoms with van der Waals surface area (Å²) in [5, 5.41) is 12.8. The van der Waals surface area contributed by atoms with Gasteiger partial charge in [-0.05, 0) is 61.7 Å². The van der Waals surface area contributed by atoms with Gasteiger partial charge in [-0.15, -0.1) is 0 Å². The SMILES string of the molecule is CS(=O)(=O)c1ccc(NCc2cc(Br)c(O)c(Br)c2)cn1. The number of phenols is 1. The summed E-state index contributed by atoms with van der Waals surface area (Å²) in [4.78, 5) is 3.90. The Labute approximate surface area is 139 Å². The smallest absolute Gasteiger partial charge is 0.192 e. The van der Waals surface area contributed by atoms with Crippen molar-refractivity contribution in [2.24, 2.45) is 0 Å². The van der Waals surface area contributed by atoms with Crippen LogP contribution in [0.1, 0.15) is 5.56 Å². The minimum atomic E-state index is -3.28. The number of hydrogen-bond donors (Lipinski definition) is 2. The Morgan fingerprint density at radius 1 is 1.24 bits per heavy atom. The fourth-order valence-corrected chi connectivity index (χ4v) is 3.47. The van der Waals surface area contributed by atoms with Crippen LogP contribution in [-0.4, -0.2) is 24.8 Å². The number of aromatic nitrogens is 1. The van der Waals surface area contributed by atoms with Crippen LogP contribution in [0.3, 0.4) is 0 Å². The molecule has 0 aliphatic heterocycles. The van der Waals surface area contributed by atoms with Crippen molar-refractivity contribution in [3.8, 4) is 5.75 Å². The first kappa shape index (κ1) is 16.3. The predicted octanol–water partition coefficient (Wildman–Crippen LogP) is 3.33. The highest BCUT2D eigenvalue weighted by atomic mass is 79.9. The Kier molecular flexibility index (Phi) is 4.90. The zero-order valence-corrected chi connectivity index (χ0v) is 15.0. The van der Waals surface area contributed by atoms with Crippen molar-refractivity contribution in [1.29, 1.82) is 0 Å². The Hall–Kier alpha value is -1.12. The number of benzene rings is 1. The molecule has 2 rings (SSSR count). The Morgan fingerprint density at radius 3 is 2.33 bits per heavy atom. The fraction of sp³-hybridized carbons (Fsp3) is 0.154. The molecule has 2 N–H and O–H groups in total. The van der Waals surface area contributed by atoms with Crippen molar-refractivity contribution in [3.63, 3.8) is 0 Å². The zero-order chi connectivity index (χ0) is 15.6. The van der Waals surface area contributed by atoms with Gasteiger partial charge >= 0.3 is 0 Å². The van der Waals surface area contributed by atoms with Crippen LogP contribution in [0.25, 0.3) is 0 Å². The minimum Gasteiger partial charge on any atom is -0.506 e. The summed E-state index contributed by atoms with van der Waals surface area (Å²) in [5.41, 5.74) is 1.65. The largest absolute Gasteiger partial charge is 0.506 e. The van der Waals surface area contributed by atoms with Gasteiger partial charge < -0.3 is 10.4 Å². The van der Waals surface area contributed by atoms with Crippen LogP contribution in [0.2, 0.25) is 0 Å². The van der Waals surface area contributed by atoms with Crippen molar-refractivity contribution in [2.75, 3.05) is 11.6 Å². The molecule has 112 valence electrons. The third kappa shape index (κ3) is 4.18. The lowest BCUT2D eigenvalue weighted by atomic mass is 10.2. The van der Waals surface area contributed by atoms with Gasteiger partial charge in [-0.1, -0.05) is 0 Å². The second-order valence-electron chi connectivity index (χ2n) is 4.42. The maximum absolute atomic E-state index is 11.3. The fourth-order valence-electron chi connectivity index (χ4n) is 1.63. The lowest BCUT2D eigenvalue weighted by molar-refractivity contribution is 0.468. The monoisotopic (exact) mass is 434 g/mol. The van der Waals surface area contributed by atoms with Gasteiger partial charge in [-0.25, -0.2) is 13.4 Å². The van der Waals surface area contributed by atoms with Crippen molar-refractivity contribution in [1.82, 2.24) is 4.98 Å². The molecule has 0 saturated carbocycles. The number of aromatic hydroxyl groups is 1. The number of rotatable bonds is 4. The Bertz CT molecular complexity index is 738. The van der Waals surface area contributed by atoms with E-state index in [4.69, 9.17) is 0 Å². The van der Waals surface area contributed by atoms with Gasteiger partial charge in [0.2, 0.25) is 0 Å². The molecule has 0 unspecified atom stereocenters. The number of phenolic OH excluding ortho intramolecular Hbond substituents is 1. The first-order valence-corrected chi connectivity index (χ1v) is 9.32. The first-order chi connectivity index (χ1) is 9.77. The van der Waals surface area contributed by atoms with E-state index in [9.17, 15) is 13.5 Å². The van der Waals surface area contributed by atoms with E-state index in [1.54, 1.807) is 18.2 Å². The van der Waals surface area contributed by atoms with Crippen molar-refractivity contribution in [2.45, 2.75) is 11.6 Å². The summed E-state index contributed by atoms with van der Waals surface area (Å²) in [6.45, 7) is 0.511. The van der Waals surface area contributed by atoms with E-state index in [1.807, 2.05) is 0 Å². The van der Waals surface area contributed by atoms with Gasteiger partial charge in [0.1, 0.15) is 5.75 Å². The Balaban J connectivity index is 2.10. The van der Waals surface area contributed by atoms with Crippen LogP contribution in [-0.2, 0) is 16.4 Å². The molecule has 1 heterocycles. The van der Waals surface area contributed by atoms with Gasteiger partial charge in [0.25, 0.3) is 0 Å². The van der Waals surface area contributed by atoms with E-state index in [2.05, 4.69) is 42.2 Å². The highest BCUT2D eigenvalue weighted by Gasteiger charge is 2.08. The molecule has 1 aromatic heterocycles. The second kappa shape index (κ2) is 6.33. The summed E-state index contributed by atoms with van der Waals surface area (Å²) in [6, 6.07) is 6.71. The Morgan fingerprint density at radius 2 is 1.86 bits per heavy atom. The van der Waals surface area contributed by atoms with Gasteiger partial charge in [-0.3, -0.25) is 0 Å². The van der Waals surface area contributed by atoms with E-state index in [1.165, 1.54) is 12.3 Å². The molecule has 5 nitrogen and oxygen atoms in total.